The zero-order valence-electron chi connectivity index (χ0n) is 12.4. The molecule has 120 valence electrons. The molecule has 0 amide bonds. The predicted molar refractivity (Wildman–Crippen MR) is 84.0 cm³/mol. The summed E-state index contributed by atoms with van der Waals surface area (Å²) in [4.78, 5) is 4.25. The standard InChI is InChI=1S/C16H15ClFN3O2/c1-22-16-4-2-3-14(21-16)13(20)5-6-23-15-8-11(17)12(18)7-10(15)9-19/h2-4,7-8,13H,5-6,20H2,1H3. The molecule has 2 rings (SSSR count). The van der Waals surface area contributed by atoms with Crippen LogP contribution in [0.4, 0.5) is 4.39 Å². The van der Waals surface area contributed by atoms with Crippen molar-refractivity contribution in [1.82, 2.24) is 4.98 Å². The van der Waals surface area contributed by atoms with E-state index in [1.165, 1.54) is 13.2 Å². The molecular formula is C16H15ClFN3O2. The third kappa shape index (κ3) is 4.31. The number of ether oxygens (including phenoxy) is 2. The van der Waals surface area contributed by atoms with Crippen LogP contribution in [0.3, 0.4) is 0 Å². The molecule has 2 aromatic rings. The van der Waals surface area contributed by atoms with Gasteiger partial charge >= 0.3 is 0 Å². The molecule has 1 aromatic carbocycles. The van der Waals surface area contributed by atoms with Gasteiger partial charge in [-0.25, -0.2) is 9.37 Å². The van der Waals surface area contributed by atoms with Gasteiger partial charge in [-0.2, -0.15) is 5.26 Å². The van der Waals surface area contributed by atoms with Gasteiger partial charge in [0, 0.05) is 18.6 Å². The zero-order chi connectivity index (χ0) is 16.8. The molecule has 0 spiro atoms. The summed E-state index contributed by atoms with van der Waals surface area (Å²) in [6, 6.07) is 9.16. The van der Waals surface area contributed by atoms with Crippen molar-refractivity contribution in [2.24, 2.45) is 5.73 Å². The summed E-state index contributed by atoms with van der Waals surface area (Å²) in [7, 11) is 1.53. The van der Waals surface area contributed by atoms with Crippen molar-refractivity contribution in [2.45, 2.75) is 12.5 Å². The molecule has 1 aromatic heterocycles. The largest absolute Gasteiger partial charge is 0.492 e. The van der Waals surface area contributed by atoms with Gasteiger partial charge in [0.05, 0.1) is 36.0 Å². The van der Waals surface area contributed by atoms with Crippen molar-refractivity contribution in [1.29, 1.82) is 5.26 Å². The average Bonchev–Trinajstić information content (AvgIpc) is 2.57. The molecule has 0 aliphatic heterocycles. The molecule has 0 saturated carbocycles. The highest BCUT2D eigenvalue weighted by Gasteiger charge is 2.12. The number of hydrogen-bond acceptors (Lipinski definition) is 5. The first-order chi connectivity index (χ1) is 11.0. The van der Waals surface area contributed by atoms with Crippen molar-refractivity contribution in [3.05, 3.63) is 52.4 Å². The topological polar surface area (TPSA) is 81.2 Å². The maximum Gasteiger partial charge on any atom is 0.213 e. The minimum atomic E-state index is -0.659. The number of aromatic nitrogens is 1. The second-order valence-corrected chi connectivity index (χ2v) is 5.13. The number of halogens is 2. The van der Waals surface area contributed by atoms with E-state index in [0.29, 0.717) is 18.0 Å². The second-order valence-electron chi connectivity index (χ2n) is 4.72. The van der Waals surface area contributed by atoms with Crippen LogP contribution in [0.5, 0.6) is 11.6 Å². The number of benzene rings is 1. The summed E-state index contributed by atoms with van der Waals surface area (Å²) in [5, 5.41) is 8.89. The van der Waals surface area contributed by atoms with E-state index in [2.05, 4.69) is 4.98 Å². The Hall–Kier alpha value is -2.36. The smallest absolute Gasteiger partial charge is 0.213 e. The van der Waals surface area contributed by atoms with Crippen molar-refractivity contribution < 1.29 is 13.9 Å². The lowest BCUT2D eigenvalue weighted by Crippen LogP contribution is -2.16. The summed E-state index contributed by atoms with van der Waals surface area (Å²) >= 11 is 5.70. The SMILES string of the molecule is COc1cccc(C(N)CCOc2cc(Cl)c(F)cc2C#N)n1. The van der Waals surface area contributed by atoms with Gasteiger partial charge in [0.25, 0.3) is 0 Å². The van der Waals surface area contributed by atoms with E-state index in [4.69, 9.17) is 32.1 Å². The third-order valence-corrected chi connectivity index (χ3v) is 3.45. The normalized spacial score (nSPS) is 11.6. The van der Waals surface area contributed by atoms with E-state index < -0.39 is 5.82 Å². The number of pyridine rings is 1. The van der Waals surface area contributed by atoms with Gasteiger partial charge in [0.15, 0.2) is 0 Å². The molecule has 1 heterocycles. The van der Waals surface area contributed by atoms with Crippen LogP contribution in [0.15, 0.2) is 30.3 Å². The molecule has 0 radical (unpaired) electrons. The van der Waals surface area contributed by atoms with Gasteiger partial charge in [-0.15, -0.1) is 0 Å². The second kappa shape index (κ2) is 7.77. The fraction of sp³-hybridized carbons (Fsp3) is 0.250. The molecule has 1 unspecified atom stereocenters. The van der Waals surface area contributed by atoms with E-state index in [0.717, 1.165) is 6.07 Å². The molecule has 0 bridgehead atoms. The van der Waals surface area contributed by atoms with Crippen LogP contribution in [0.2, 0.25) is 5.02 Å². The summed E-state index contributed by atoms with van der Waals surface area (Å²) in [5.41, 5.74) is 6.81. The molecule has 7 heteroatoms. The quantitative estimate of drug-likeness (QED) is 0.876. The van der Waals surface area contributed by atoms with Crippen LogP contribution >= 0.6 is 11.6 Å². The van der Waals surface area contributed by atoms with Crippen molar-refractivity contribution in [3.8, 4) is 17.7 Å². The Balaban J connectivity index is 1.99. The lowest BCUT2D eigenvalue weighted by molar-refractivity contribution is 0.295. The molecule has 23 heavy (non-hydrogen) atoms. The van der Waals surface area contributed by atoms with Crippen molar-refractivity contribution in [3.63, 3.8) is 0 Å². The van der Waals surface area contributed by atoms with Crippen LogP contribution in [0.25, 0.3) is 0 Å². The number of nitrogens with zero attached hydrogens (tertiary/aromatic N) is 2. The van der Waals surface area contributed by atoms with Crippen LogP contribution < -0.4 is 15.2 Å². The molecule has 5 nitrogen and oxygen atoms in total. The highest BCUT2D eigenvalue weighted by molar-refractivity contribution is 6.30. The minimum absolute atomic E-state index is 0.0833. The van der Waals surface area contributed by atoms with Gasteiger partial charge in [0.1, 0.15) is 17.6 Å². The Bertz CT molecular complexity index is 734. The van der Waals surface area contributed by atoms with E-state index >= 15 is 0 Å². The Morgan fingerprint density at radius 2 is 2.22 bits per heavy atom. The highest BCUT2D eigenvalue weighted by Crippen LogP contribution is 2.26. The third-order valence-electron chi connectivity index (χ3n) is 3.16. The Morgan fingerprint density at radius 1 is 1.43 bits per heavy atom. The minimum Gasteiger partial charge on any atom is -0.492 e. The van der Waals surface area contributed by atoms with Gasteiger partial charge in [-0.3, -0.25) is 0 Å². The molecule has 2 N–H and O–H groups in total. The molecule has 0 fully saturated rings. The van der Waals surface area contributed by atoms with E-state index in [1.807, 2.05) is 6.07 Å². The molecule has 0 aliphatic rings. The number of nitrogens with two attached hydrogens (primary N) is 1. The van der Waals surface area contributed by atoms with Crippen LogP contribution in [-0.4, -0.2) is 18.7 Å². The maximum atomic E-state index is 13.3. The lowest BCUT2D eigenvalue weighted by atomic mass is 10.1. The predicted octanol–water partition coefficient (Wildman–Crippen LogP) is 3.22. The van der Waals surface area contributed by atoms with Crippen LogP contribution in [0.1, 0.15) is 23.7 Å². The molecule has 0 saturated heterocycles. The Kier molecular flexibility index (Phi) is 5.74. The van der Waals surface area contributed by atoms with E-state index in [1.54, 1.807) is 18.2 Å². The average molecular weight is 336 g/mol. The fourth-order valence-electron chi connectivity index (χ4n) is 1.93. The van der Waals surface area contributed by atoms with Crippen LogP contribution in [-0.2, 0) is 0 Å². The summed E-state index contributed by atoms with van der Waals surface area (Å²) in [5.74, 6) is 0.0495. The summed E-state index contributed by atoms with van der Waals surface area (Å²) < 4.78 is 23.9. The van der Waals surface area contributed by atoms with Crippen molar-refractivity contribution >= 4 is 11.6 Å². The highest BCUT2D eigenvalue weighted by atomic mass is 35.5. The fourth-order valence-corrected chi connectivity index (χ4v) is 2.08. The first-order valence-corrected chi connectivity index (χ1v) is 7.21. The molecule has 0 aliphatic carbocycles. The van der Waals surface area contributed by atoms with Crippen molar-refractivity contribution in [2.75, 3.05) is 13.7 Å². The number of hydrogen-bond donors (Lipinski definition) is 1. The van der Waals surface area contributed by atoms with E-state index in [9.17, 15) is 4.39 Å². The lowest BCUT2D eigenvalue weighted by Gasteiger charge is -2.13. The van der Waals surface area contributed by atoms with Gasteiger partial charge in [0.2, 0.25) is 5.88 Å². The Labute approximate surface area is 138 Å². The number of nitriles is 1. The number of methoxy groups -OCH3 is 1. The van der Waals surface area contributed by atoms with Gasteiger partial charge in [-0.1, -0.05) is 17.7 Å². The van der Waals surface area contributed by atoms with Crippen LogP contribution in [0, 0.1) is 17.1 Å². The first-order valence-electron chi connectivity index (χ1n) is 6.83. The molecule has 1 atom stereocenters. The van der Waals surface area contributed by atoms with Gasteiger partial charge in [-0.05, 0) is 12.1 Å². The van der Waals surface area contributed by atoms with Gasteiger partial charge < -0.3 is 15.2 Å². The first kappa shape index (κ1) is 17.0. The maximum absolute atomic E-state index is 13.3. The monoisotopic (exact) mass is 335 g/mol. The zero-order valence-corrected chi connectivity index (χ0v) is 13.2. The number of rotatable bonds is 6. The van der Waals surface area contributed by atoms with E-state index in [-0.39, 0.29) is 29.0 Å². The summed E-state index contributed by atoms with van der Waals surface area (Å²) in [6.07, 6.45) is 0.458. The Morgan fingerprint density at radius 3 is 2.91 bits per heavy atom. The molecular weight excluding hydrogens is 321 g/mol. The summed E-state index contributed by atoms with van der Waals surface area (Å²) in [6.45, 7) is 0.233.